The summed E-state index contributed by atoms with van der Waals surface area (Å²) >= 11 is 0. The van der Waals surface area contributed by atoms with Gasteiger partial charge in [-0.1, -0.05) is 33.8 Å². The molecule has 6 heteroatoms. The molecule has 0 aliphatic heterocycles. The Labute approximate surface area is 148 Å². The molecule has 0 N–H and O–H groups in total. The standard InChI is InChI=1S/C18H34O5S/c1-9-11-17(16(10-2)12-14(3)4)13-22-18(6,7)15(5)23-24(19,20)21-8/h14-15,17H,2,9,11-13H2,1,3-8H3. The topological polar surface area (TPSA) is 61.8 Å². The molecule has 2 unspecified atom stereocenters. The van der Waals surface area contributed by atoms with Crippen molar-refractivity contribution in [3.63, 3.8) is 0 Å². The minimum Gasteiger partial charge on any atom is -0.372 e. The van der Waals surface area contributed by atoms with Gasteiger partial charge in [0.15, 0.2) is 0 Å². The van der Waals surface area contributed by atoms with Crippen LogP contribution in [0.2, 0.25) is 0 Å². The fourth-order valence-electron chi connectivity index (χ4n) is 2.29. The zero-order valence-electron chi connectivity index (χ0n) is 16.2. The van der Waals surface area contributed by atoms with Crippen molar-refractivity contribution in [3.8, 4) is 0 Å². The van der Waals surface area contributed by atoms with Gasteiger partial charge in [0.25, 0.3) is 0 Å². The van der Waals surface area contributed by atoms with E-state index in [1.165, 1.54) is 5.57 Å². The molecule has 142 valence electrons. The second-order valence-electron chi connectivity index (χ2n) is 7.01. The van der Waals surface area contributed by atoms with E-state index < -0.39 is 22.1 Å². The van der Waals surface area contributed by atoms with E-state index >= 15 is 0 Å². The van der Waals surface area contributed by atoms with Gasteiger partial charge in [0, 0.05) is 5.92 Å². The van der Waals surface area contributed by atoms with Gasteiger partial charge < -0.3 is 4.74 Å². The quantitative estimate of drug-likeness (QED) is 0.486. The lowest BCUT2D eigenvalue weighted by molar-refractivity contribution is -0.0937. The van der Waals surface area contributed by atoms with Gasteiger partial charge in [-0.3, -0.25) is 4.18 Å². The second-order valence-corrected chi connectivity index (χ2v) is 8.36. The fraction of sp³-hybridized carbons (Fsp3) is 0.833. The Balaban J connectivity index is 4.97. The number of hydrogen-bond donors (Lipinski definition) is 0. The van der Waals surface area contributed by atoms with E-state index in [0.717, 1.165) is 26.4 Å². The van der Waals surface area contributed by atoms with E-state index in [2.05, 4.69) is 37.3 Å². The highest BCUT2D eigenvalue weighted by atomic mass is 32.3. The average molecular weight is 363 g/mol. The number of ether oxygens (including phenoxy) is 1. The van der Waals surface area contributed by atoms with Gasteiger partial charge in [-0.2, -0.15) is 8.42 Å². The average Bonchev–Trinajstić information content (AvgIpc) is 2.48. The van der Waals surface area contributed by atoms with Gasteiger partial charge in [-0.15, -0.1) is 5.73 Å². The Morgan fingerprint density at radius 1 is 1.25 bits per heavy atom. The molecular weight excluding hydrogens is 328 g/mol. The first-order valence-electron chi connectivity index (χ1n) is 8.50. The van der Waals surface area contributed by atoms with Crippen molar-refractivity contribution in [3.05, 3.63) is 17.9 Å². The van der Waals surface area contributed by atoms with E-state index in [1.54, 1.807) is 6.92 Å². The Bertz CT molecular complexity index is 516. The summed E-state index contributed by atoms with van der Waals surface area (Å²) in [5.74, 6) is 0.746. The lowest BCUT2D eigenvalue weighted by Gasteiger charge is -2.33. The van der Waals surface area contributed by atoms with E-state index in [9.17, 15) is 8.42 Å². The maximum atomic E-state index is 11.5. The maximum Gasteiger partial charge on any atom is 0.399 e. The van der Waals surface area contributed by atoms with E-state index in [1.807, 2.05) is 13.8 Å². The molecule has 24 heavy (non-hydrogen) atoms. The van der Waals surface area contributed by atoms with Crippen LogP contribution in [-0.2, 0) is 23.5 Å². The second kappa shape index (κ2) is 10.4. The molecule has 0 radical (unpaired) electrons. The molecule has 0 aliphatic carbocycles. The van der Waals surface area contributed by atoms with Crippen LogP contribution in [0.5, 0.6) is 0 Å². The molecule has 0 rings (SSSR count). The van der Waals surface area contributed by atoms with Gasteiger partial charge in [0.2, 0.25) is 0 Å². The van der Waals surface area contributed by atoms with E-state index in [0.29, 0.717) is 12.5 Å². The summed E-state index contributed by atoms with van der Waals surface area (Å²) in [4.78, 5) is 0. The summed E-state index contributed by atoms with van der Waals surface area (Å²) in [5.41, 5.74) is 3.46. The minimum absolute atomic E-state index is 0.223. The zero-order chi connectivity index (χ0) is 19.0. The molecule has 0 saturated heterocycles. The third kappa shape index (κ3) is 8.45. The number of hydrogen-bond acceptors (Lipinski definition) is 5. The highest BCUT2D eigenvalue weighted by Gasteiger charge is 2.33. The molecule has 0 aliphatic rings. The van der Waals surface area contributed by atoms with Crippen molar-refractivity contribution in [1.29, 1.82) is 0 Å². The van der Waals surface area contributed by atoms with Crippen LogP contribution < -0.4 is 0 Å². The molecule has 0 aromatic carbocycles. The Morgan fingerprint density at radius 2 is 1.83 bits per heavy atom. The highest BCUT2D eigenvalue weighted by molar-refractivity contribution is 7.81. The van der Waals surface area contributed by atoms with Crippen molar-refractivity contribution >= 4 is 10.4 Å². The third-order valence-electron chi connectivity index (χ3n) is 4.09. The third-order valence-corrected chi connectivity index (χ3v) is 5.02. The first-order valence-corrected chi connectivity index (χ1v) is 9.84. The van der Waals surface area contributed by atoms with Crippen LogP contribution in [-0.4, -0.2) is 33.8 Å². The lowest BCUT2D eigenvalue weighted by atomic mass is 9.89. The summed E-state index contributed by atoms with van der Waals surface area (Å²) in [5, 5.41) is 0. The van der Waals surface area contributed by atoms with Crippen LogP contribution in [0.25, 0.3) is 0 Å². The first kappa shape index (κ1) is 23.4. The Morgan fingerprint density at radius 3 is 2.25 bits per heavy atom. The van der Waals surface area contributed by atoms with Gasteiger partial charge in [0.05, 0.1) is 19.3 Å². The molecule has 0 aromatic heterocycles. The van der Waals surface area contributed by atoms with Crippen molar-refractivity contribution in [2.75, 3.05) is 13.7 Å². The van der Waals surface area contributed by atoms with Crippen molar-refractivity contribution < 1.29 is 21.5 Å². The van der Waals surface area contributed by atoms with Crippen LogP contribution in [0.3, 0.4) is 0 Å². The van der Waals surface area contributed by atoms with Gasteiger partial charge in [0.1, 0.15) is 6.10 Å². The van der Waals surface area contributed by atoms with Crippen LogP contribution in [0.15, 0.2) is 17.9 Å². The lowest BCUT2D eigenvalue weighted by Crippen LogP contribution is -2.41. The van der Waals surface area contributed by atoms with Gasteiger partial charge >= 0.3 is 10.4 Å². The summed E-state index contributed by atoms with van der Waals surface area (Å²) in [6.45, 7) is 16.0. The van der Waals surface area contributed by atoms with Crippen LogP contribution in [0.1, 0.15) is 60.8 Å². The monoisotopic (exact) mass is 362 g/mol. The van der Waals surface area contributed by atoms with Gasteiger partial charge in [-0.25, -0.2) is 4.18 Å². The van der Waals surface area contributed by atoms with Crippen LogP contribution in [0.4, 0.5) is 0 Å². The molecule has 0 amide bonds. The maximum absolute atomic E-state index is 11.5. The Kier molecular flexibility index (Phi) is 10.1. The molecule has 0 spiro atoms. The summed E-state index contributed by atoms with van der Waals surface area (Å²) < 4.78 is 38.3. The predicted octanol–water partition coefficient (Wildman–Crippen LogP) is 4.25. The summed E-state index contributed by atoms with van der Waals surface area (Å²) in [7, 11) is -2.93. The normalized spacial score (nSPS) is 15.2. The van der Waals surface area contributed by atoms with E-state index in [-0.39, 0.29) is 5.92 Å². The molecule has 5 nitrogen and oxygen atoms in total. The van der Waals surface area contributed by atoms with Gasteiger partial charge in [-0.05, 0) is 45.1 Å². The molecule has 0 aromatic rings. The molecule has 0 heterocycles. The largest absolute Gasteiger partial charge is 0.399 e. The SMILES string of the molecule is C=C=C(CC(C)C)C(CCC)COC(C)(C)C(C)OS(=O)(=O)OC. The van der Waals surface area contributed by atoms with Crippen molar-refractivity contribution in [1.82, 2.24) is 0 Å². The minimum atomic E-state index is -4.00. The summed E-state index contributed by atoms with van der Waals surface area (Å²) in [6, 6.07) is 0. The predicted molar refractivity (Wildman–Crippen MR) is 97.0 cm³/mol. The first-order chi connectivity index (χ1) is 11.0. The molecule has 0 bridgehead atoms. The van der Waals surface area contributed by atoms with Crippen molar-refractivity contribution in [2.45, 2.75) is 72.5 Å². The summed E-state index contributed by atoms with van der Waals surface area (Å²) in [6.07, 6.45) is 2.27. The van der Waals surface area contributed by atoms with Crippen molar-refractivity contribution in [2.24, 2.45) is 11.8 Å². The molecule has 2 atom stereocenters. The fourth-order valence-corrected chi connectivity index (χ4v) is 2.96. The van der Waals surface area contributed by atoms with E-state index in [4.69, 9.17) is 8.92 Å². The molecule has 0 fully saturated rings. The smallest absolute Gasteiger partial charge is 0.372 e. The molecular formula is C18H34O5S. The number of rotatable bonds is 12. The van der Waals surface area contributed by atoms with Crippen LogP contribution >= 0.6 is 0 Å². The highest BCUT2D eigenvalue weighted by Crippen LogP contribution is 2.27. The van der Waals surface area contributed by atoms with Crippen LogP contribution in [0, 0.1) is 11.8 Å². The zero-order valence-corrected chi connectivity index (χ0v) is 17.0. The Hall–Kier alpha value is -0.650. The molecule has 0 saturated carbocycles.